The number of esters is 1. The Morgan fingerprint density at radius 3 is 2.60 bits per heavy atom. The van der Waals surface area contributed by atoms with Gasteiger partial charge in [-0.3, -0.25) is 0 Å². The molecule has 2 nitrogen and oxygen atoms in total. The second kappa shape index (κ2) is 6.25. The van der Waals surface area contributed by atoms with Gasteiger partial charge in [0.1, 0.15) is 0 Å². The van der Waals surface area contributed by atoms with Gasteiger partial charge in [-0.1, -0.05) is 24.3 Å². The Kier molecular flexibility index (Phi) is 4.91. The van der Waals surface area contributed by atoms with Gasteiger partial charge >= 0.3 is 5.97 Å². The summed E-state index contributed by atoms with van der Waals surface area (Å²) in [6.07, 6.45) is 3.75. The van der Waals surface area contributed by atoms with Crippen LogP contribution in [0.4, 0.5) is 0 Å². The molecular formula is C12H13ClO2. The van der Waals surface area contributed by atoms with E-state index in [0.29, 0.717) is 18.1 Å². The van der Waals surface area contributed by atoms with Crippen molar-refractivity contribution < 1.29 is 9.53 Å². The Morgan fingerprint density at radius 2 is 2.07 bits per heavy atom. The van der Waals surface area contributed by atoms with Gasteiger partial charge in [0.15, 0.2) is 0 Å². The summed E-state index contributed by atoms with van der Waals surface area (Å²) in [4.78, 5) is 11.3. The SMILES string of the molecule is CCOC(=O)c1ccc(C=CCCl)cc1. The van der Waals surface area contributed by atoms with Crippen LogP contribution in [0.25, 0.3) is 6.08 Å². The van der Waals surface area contributed by atoms with Crippen LogP contribution in [0.2, 0.25) is 0 Å². The molecule has 0 saturated carbocycles. The average molecular weight is 225 g/mol. The number of allylic oxidation sites excluding steroid dienone is 1. The number of benzene rings is 1. The third-order valence-corrected chi connectivity index (χ3v) is 2.00. The Labute approximate surface area is 94.5 Å². The maximum absolute atomic E-state index is 11.3. The molecule has 1 aromatic carbocycles. The second-order valence-electron chi connectivity index (χ2n) is 2.90. The summed E-state index contributed by atoms with van der Waals surface area (Å²) in [5.74, 6) is 0.199. The van der Waals surface area contributed by atoms with Gasteiger partial charge in [-0.25, -0.2) is 4.79 Å². The van der Waals surface area contributed by atoms with Crippen LogP contribution >= 0.6 is 11.6 Å². The first-order chi connectivity index (χ1) is 7.27. The van der Waals surface area contributed by atoms with Gasteiger partial charge in [-0.2, -0.15) is 0 Å². The normalized spacial score (nSPS) is 10.5. The molecule has 1 rings (SSSR count). The largest absolute Gasteiger partial charge is 0.462 e. The maximum atomic E-state index is 11.3. The lowest BCUT2D eigenvalue weighted by Crippen LogP contribution is -2.03. The van der Waals surface area contributed by atoms with E-state index in [0.717, 1.165) is 5.56 Å². The molecule has 0 atom stereocenters. The number of rotatable bonds is 4. The van der Waals surface area contributed by atoms with Crippen molar-refractivity contribution in [2.24, 2.45) is 0 Å². The average Bonchev–Trinajstić information content (AvgIpc) is 2.27. The Balaban J connectivity index is 2.71. The summed E-state index contributed by atoms with van der Waals surface area (Å²) in [7, 11) is 0. The van der Waals surface area contributed by atoms with Gasteiger partial charge < -0.3 is 4.74 Å². The van der Waals surface area contributed by atoms with Crippen LogP contribution in [0.5, 0.6) is 0 Å². The smallest absolute Gasteiger partial charge is 0.338 e. The fourth-order valence-electron chi connectivity index (χ4n) is 1.13. The van der Waals surface area contributed by atoms with Gasteiger partial charge in [0.2, 0.25) is 0 Å². The summed E-state index contributed by atoms with van der Waals surface area (Å²) in [5.41, 5.74) is 1.59. The van der Waals surface area contributed by atoms with E-state index in [1.165, 1.54) is 0 Å². The van der Waals surface area contributed by atoms with Crippen LogP contribution in [0, 0.1) is 0 Å². The van der Waals surface area contributed by atoms with Gasteiger partial charge in [0, 0.05) is 5.88 Å². The number of hydrogen-bond acceptors (Lipinski definition) is 2. The number of ether oxygens (including phenoxy) is 1. The van der Waals surface area contributed by atoms with Crippen LogP contribution in [0.3, 0.4) is 0 Å². The van der Waals surface area contributed by atoms with Gasteiger partial charge in [0.25, 0.3) is 0 Å². The molecule has 0 aliphatic heterocycles. The first kappa shape index (κ1) is 11.8. The highest BCUT2D eigenvalue weighted by Crippen LogP contribution is 2.07. The quantitative estimate of drug-likeness (QED) is 0.580. The third kappa shape index (κ3) is 3.76. The molecule has 1 aromatic rings. The molecule has 0 fully saturated rings. The van der Waals surface area contributed by atoms with Crippen molar-refractivity contribution in [1.82, 2.24) is 0 Å². The minimum absolute atomic E-state index is 0.287. The molecule has 0 amide bonds. The van der Waals surface area contributed by atoms with E-state index in [1.807, 2.05) is 24.3 Å². The second-order valence-corrected chi connectivity index (χ2v) is 3.21. The molecule has 0 aliphatic rings. The summed E-state index contributed by atoms with van der Waals surface area (Å²) in [6, 6.07) is 7.20. The molecule has 0 heterocycles. The molecule has 0 spiro atoms. The number of carbonyl (C=O) groups is 1. The van der Waals surface area contributed by atoms with Crippen molar-refractivity contribution in [2.45, 2.75) is 6.92 Å². The molecule has 0 unspecified atom stereocenters. The van der Waals surface area contributed by atoms with Crippen LogP contribution in [0.15, 0.2) is 30.3 Å². The summed E-state index contributed by atoms with van der Waals surface area (Å²) >= 11 is 5.51. The predicted octanol–water partition coefficient (Wildman–Crippen LogP) is 3.12. The van der Waals surface area contributed by atoms with Gasteiger partial charge in [-0.15, -0.1) is 11.6 Å². The monoisotopic (exact) mass is 224 g/mol. The van der Waals surface area contributed by atoms with Crippen LogP contribution in [0.1, 0.15) is 22.8 Å². The third-order valence-electron chi connectivity index (χ3n) is 1.82. The number of alkyl halides is 1. The molecular weight excluding hydrogens is 212 g/mol. The van der Waals surface area contributed by atoms with E-state index in [4.69, 9.17) is 16.3 Å². The molecule has 0 bridgehead atoms. The number of hydrogen-bond donors (Lipinski definition) is 0. The van der Waals surface area contributed by atoms with Crippen molar-refractivity contribution in [2.75, 3.05) is 12.5 Å². The van der Waals surface area contributed by atoms with Crippen molar-refractivity contribution in [3.8, 4) is 0 Å². The topological polar surface area (TPSA) is 26.3 Å². The zero-order valence-electron chi connectivity index (χ0n) is 8.57. The minimum atomic E-state index is -0.287. The van der Waals surface area contributed by atoms with E-state index in [2.05, 4.69) is 0 Å². The summed E-state index contributed by atoms with van der Waals surface area (Å²) < 4.78 is 4.87. The lowest BCUT2D eigenvalue weighted by atomic mass is 10.1. The molecule has 0 saturated heterocycles. The first-order valence-electron chi connectivity index (χ1n) is 4.77. The predicted molar refractivity (Wildman–Crippen MR) is 62.2 cm³/mol. The van der Waals surface area contributed by atoms with Gasteiger partial charge in [-0.05, 0) is 24.6 Å². The lowest BCUT2D eigenvalue weighted by molar-refractivity contribution is 0.0526. The van der Waals surface area contributed by atoms with Crippen molar-refractivity contribution in [3.05, 3.63) is 41.5 Å². The molecule has 0 radical (unpaired) electrons. The highest BCUT2D eigenvalue weighted by atomic mass is 35.5. The standard InChI is InChI=1S/C12H13ClO2/c1-2-15-12(14)11-7-5-10(6-8-11)4-3-9-13/h3-8H,2,9H2,1H3. The van der Waals surface area contributed by atoms with E-state index in [-0.39, 0.29) is 5.97 Å². The molecule has 15 heavy (non-hydrogen) atoms. The first-order valence-corrected chi connectivity index (χ1v) is 5.31. The van der Waals surface area contributed by atoms with Crippen molar-refractivity contribution in [3.63, 3.8) is 0 Å². The maximum Gasteiger partial charge on any atom is 0.338 e. The fourth-order valence-corrected chi connectivity index (χ4v) is 1.21. The Bertz CT molecular complexity index is 341. The molecule has 3 heteroatoms. The molecule has 0 aliphatic carbocycles. The van der Waals surface area contributed by atoms with Crippen LogP contribution < -0.4 is 0 Å². The Hall–Kier alpha value is -1.28. The number of halogens is 1. The van der Waals surface area contributed by atoms with E-state index in [1.54, 1.807) is 19.1 Å². The molecule has 80 valence electrons. The zero-order chi connectivity index (χ0) is 11.1. The summed E-state index contributed by atoms with van der Waals surface area (Å²) in [6.45, 7) is 2.18. The van der Waals surface area contributed by atoms with Crippen molar-refractivity contribution in [1.29, 1.82) is 0 Å². The van der Waals surface area contributed by atoms with Crippen LogP contribution in [-0.2, 0) is 4.74 Å². The molecule has 0 aromatic heterocycles. The van der Waals surface area contributed by atoms with E-state index in [9.17, 15) is 4.79 Å². The Morgan fingerprint density at radius 1 is 1.40 bits per heavy atom. The molecule has 0 N–H and O–H groups in total. The van der Waals surface area contributed by atoms with Gasteiger partial charge in [0.05, 0.1) is 12.2 Å². The zero-order valence-corrected chi connectivity index (χ0v) is 9.33. The highest BCUT2D eigenvalue weighted by molar-refractivity contribution is 6.19. The van der Waals surface area contributed by atoms with E-state index < -0.39 is 0 Å². The number of carbonyl (C=O) groups excluding carboxylic acids is 1. The highest BCUT2D eigenvalue weighted by Gasteiger charge is 2.04. The summed E-state index contributed by atoms with van der Waals surface area (Å²) in [5, 5.41) is 0. The lowest BCUT2D eigenvalue weighted by Gasteiger charge is -2.01. The fraction of sp³-hybridized carbons (Fsp3) is 0.250. The minimum Gasteiger partial charge on any atom is -0.462 e. The van der Waals surface area contributed by atoms with E-state index >= 15 is 0 Å². The van der Waals surface area contributed by atoms with Crippen molar-refractivity contribution >= 4 is 23.6 Å². The van der Waals surface area contributed by atoms with Crippen LogP contribution in [-0.4, -0.2) is 18.5 Å².